The number of methoxy groups -OCH3 is 2. The fourth-order valence-corrected chi connectivity index (χ4v) is 5.40. The summed E-state index contributed by atoms with van der Waals surface area (Å²) >= 11 is 1.39. The lowest BCUT2D eigenvalue weighted by Crippen LogP contribution is -2.35. The molecule has 1 amide bonds. The van der Waals surface area contributed by atoms with Crippen molar-refractivity contribution < 1.29 is 14.3 Å². The maximum Gasteiger partial charge on any atom is 0.283 e. The van der Waals surface area contributed by atoms with Crippen LogP contribution in [0.15, 0.2) is 39.9 Å². The van der Waals surface area contributed by atoms with Crippen LogP contribution in [0.4, 0.5) is 0 Å². The van der Waals surface area contributed by atoms with Crippen molar-refractivity contribution in [2.24, 2.45) is 16.0 Å². The molecule has 0 radical (unpaired) electrons. The van der Waals surface area contributed by atoms with Crippen LogP contribution in [0.2, 0.25) is 0 Å². The van der Waals surface area contributed by atoms with Gasteiger partial charge in [0.15, 0.2) is 5.84 Å². The molecule has 3 heterocycles. The molecule has 0 unspecified atom stereocenters. The Hall–Kier alpha value is -3.33. The first-order chi connectivity index (χ1) is 16.3. The summed E-state index contributed by atoms with van der Waals surface area (Å²) in [6.45, 7) is 8.19. The van der Waals surface area contributed by atoms with Crippen LogP contribution in [-0.2, 0) is 4.79 Å². The van der Waals surface area contributed by atoms with Crippen LogP contribution in [0.3, 0.4) is 0 Å². The van der Waals surface area contributed by atoms with Gasteiger partial charge in [-0.25, -0.2) is 0 Å². The molecule has 2 aromatic rings. The molecule has 0 saturated heterocycles. The molecule has 9 heteroatoms. The van der Waals surface area contributed by atoms with E-state index < -0.39 is 5.91 Å². The second-order valence-corrected chi connectivity index (χ2v) is 9.16. The quantitative estimate of drug-likeness (QED) is 0.553. The third-order valence-electron chi connectivity index (χ3n) is 6.20. The number of hydrazone groups is 1. The Bertz CT molecular complexity index is 1250. The van der Waals surface area contributed by atoms with Crippen LogP contribution >= 0.6 is 11.8 Å². The molecular weight excluding hydrogens is 450 g/mol. The maximum absolute atomic E-state index is 12.9. The number of nitrogens with zero attached hydrogens (tertiary/aromatic N) is 4. The Kier molecular flexibility index (Phi) is 6.65. The number of amides is 1. The minimum Gasteiger partial charge on any atom is -0.497 e. The van der Waals surface area contributed by atoms with Gasteiger partial charge >= 0.3 is 0 Å². The second kappa shape index (κ2) is 9.50. The molecular formula is C25H29N5O3S. The largest absolute Gasteiger partial charge is 0.497 e. The van der Waals surface area contributed by atoms with Gasteiger partial charge in [0.05, 0.1) is 25.5 Å². The van der Waals surface area contributed by atoms with Gasteiger partial charge in [-0.15, -0.1) is 0 Å². The van der Waals surface area contributed by atoms with E-state index in [2.05, 4.69) is 28.5 Å². The van der Waals surface area contributed by atoms with Gasteiger partial charge in [0.25, 0.3) is 5.91 Å². The monoisotopic (exact) mass is 479 g/mol. The minimum atomic E-state index is -0.423. The van der Waals surface area contributed by atoms with E-state index in [9.17, 15) is 4.79 Å². The highest BCUT2D eigenvalue weighted by atomic mass is 32.2. The lowest BCUT2D eigenvalue weighted by atomic mass is 10.1. The predicted octanol–water partition coefficient (Wildman–Crippen LogP) is 5.17. The van der Waals surface area contributed by atoms with Crippen LogP contribution in [0, 0.1) is 25.2 Å². The SMILES string of the molecule is CCC(CC)C1=NN2C(=N)/C(=C/c3cc(C)n(-c4cc(OC)ccc4OC)c3C)C(=O)N=C2S1. The summed E-state index contributed by atoms with van der Waals surface area (Å²) in [5.41, 5.74) is 3.74. The summed E-state index contributed by atoms with van der Waals surface area (Å²) in [6, 6.07) is 7.61. The number of carbonyl (C=O) groups is 1. The summed E-state index contributed by atoms with van der Waals surface area (Å²) in [5.74, 6) is 1.34. The summed E-state index contributed by atoms with van der Waals surface area (Å²) < 4.78 is 13.0. The van der Waals surface area contributed by atoms with Crippen molar-refractivity contribution in [3.8, 4) is 17.2 Å². The average Bonchev–Trinajstić information content (AvgIpc) is 3.37. The molecule has 34 heavy (non-hydrogen) atoms. The zero-order valence-electron chi connectivity index (χ0n) is 20.3. The van der Waals surface area contributed by atoms with Gasteiger partial charge < -0.3 is 14.0 Å². The lowest BCUT2D eigenvalue weighted by Gasteiger charge is -2.20. The number of fused-ring (bicyclic) bond motifs is 1. The number of rotatable bonds is 7. The summed E-state index contributed by atoms with van der Waals surface area (Å²) in [5, 5.41) is 16.2. The summed E-state index contributed by atoms with van der Waals surface area (Å²) in [7, 11) is 3.25. The first kappa shape index (κ1) is 23.8. The molecule has 0 aliphatic carbocycles. The lowest BCUT2D eigenvalue weighted by molar-refractivity contribution is -0.114. The number of amidine groups is 2. The number of ether oxygens (including phenoxy) is 2. The van der Waals surface area contributed by atoms with Gasteiger partial charge in [-0.1, -0.05) is 13.8 Å². The van der Waals surface area contributed by atoms with E-state index in [-0.39, 0.29) is 11.4 Å². The Morgan fingerprint density at radius 3 is 2.53 bits per heavy atom. The van der Waals surface area contributed by atoms with E-state index in [1.54, 1.807) is 20.3 Å². The number of aryl methyl sites for hydroxylation is 1. The average molecular weight is 480 g/mol. The molecule has 0 fully saturated rings. The van der Waals surface area contributed by atoms with Crippen LogP contribution in [0.1, 0.15) is 43.6 Å². The highest BCUT2D eigenvalue weighted by Gasteiger charge is 2.37. The van der Waals surface area contributed by atoms with E-state index in [1.165, 1.54) is 16.8 Å². The molecule has 0 bridgehead atoms. The van der Waals surface area contributed by atoms with Crippen LogP contribution in [-0.4, -0.2) is 45.7 Å². The number of hydrogen-bond acceptors (Lipinski definition) is 6. The van der Waals surface area contributed by atoms with Gasteiger partial charge in [0, 0.05) is 23.4 Å². The number of hydrogen-bond donors (Lipinski definition) is 1. The van der Waals surface area contributed by atoms with Gasteiger partial charge in [-0.2, -0.15) is 15.1 Å². The zero-order valence-corrected chi connectivity index (χ0v) is 21.1. The molecule has 0 saturated carbocycles. The van der Waals surface area contributed by atoms with Crippen LogP contribution in [0.25, 0.3) is 11.8 Å². The van der Waals surface area contributed by atoms with Crippen molar-refractivity contribution in [2.45, 2.75) is 40.5 Å². The van der Waals surface area contributed by atoms with Gasteiger partial charge in [-0.05, 0) is 68.3 Å². The van der Waals surface area contributed by atoms with E-state index in [1.807, 2.05) is 38.1 Å². The Morgan fingerprint density at radius 1 is 1.15 bits per heavy atom. The van der Waals surface area contributed by atoms with E-state index in [4.69, 9.17) is 14.9 Å². The smallest absolute Gasteiger partial charge is 0.283 e. The van der Waals surface area contributed by atoms with Crippen molar-refractivity contribution in [1.82, 2.24) is 9.58 Å². The maximum atomic E-state index is 12.9. The third kappa shape index (κ3) is 4.04. The van der Waals surface area contributed by atoms with Crippen molar-refractivity contribution in [3.05, 3.63) is 46.8 Å². The molecule has 8 nitrogen and oxygen atoms in total. The molecule has 0 atom stereocenters. The molecule has 1 aromatic carbocycles. The molecule has 178 valence electrons. The molecule has 4 rings (SSSR count). The van der Waals surface area contributed by atoms with E-state index in [0.29, 0.717) is 22.6 Å². The predicted molar refractivity (Wildman–Crippen MR) is 137 cm³/mol. The Balaban J connectivity index is 1.74. The standard InChI is InChI=1S/C25H29N5O3S/c1-7-16(8-2)24-28-30-22(26)19(23(31)27-25(30)34-24)12-17-11-14(3)29(15(17)4)20-13-18(32-5)9-10-21(20)33-6/h9-13,16,26H,7-8H2,1-6H3/b19-12-,26-22?. The summed E-state index contributed by atoms with van der Waals surface area (Å²) in [4.78, 5) is 17.1. The van der Waals surface area contributed by atoms with Crippen LogP contribution in [0.5, 0.6) is 11.5 Å². The van der Waals surface area contributed by atoms with Crippen LogP contribution < -0.4 is 9.47 Å². The van der Waals surface area contributed by atoms with Gasteiger partial charge in [0.2, 0.25) is 5.17 Å². The number of aliphatic imine (C=N–C) groups is 1. The second-order valence-electron chi connectivity index (χ2n) is 8.17. The fourth-order valence-electron chi connectivity index (χ4n) is 4.24. The first-order valence-electron chi connectivity index (χ1n) is 11.2. The molecule has 1 aromatic heterocycles. The van der Waals surface area contributed by atoms with E-state index in [0.717, 1.165) is 40.5 Å². The van der Waals surface area contributed by atoms with E-state index >= 15 is 0 Å². The number of aromatic nitrogens is 1. The molecule has 0 spiro atoms. The summed E-state index contributed by atoms with van der Waals surface area (Å²) in [6.07, 6.45) is 3.63. The minimum absolute atomic E-state index is 0.0484. The highest BCUT2D eigenvalue weighted by Crippen LogP contribution is 2.35. The van der Waals surface area contributed by atoms with Crippen molar-refractivity contribution in [2.75, 3.05) is 14.2 Å². The van der Waals surface area contributed by atoms with Gasteiger partial charge in [0.1, 0.15) is 16.5 Å². The Morgan fingerprint density at radius 2 is 1.88 bits per heavy atom. The van der Waals surface area contributed by atoms with Crippen molar-refractivity contribution in [3.63, 3.8) is 0 Å². The van der Waals surface area contributed by atoms with Crippen molar-refractivity contribution in [1.29, 1.82) is 5.41 Å². The molecule has 2 aliphatic rings. The molecule has 1 N–H and O–H groups in total. The number of nitrogens with one attached hydrogen (secondary N) is 1. The highest BCUT2D eigenvalue weighted by molar-refractivity contribution is 8.27. The normalized spacial score (nSPS) is 16.8. The Labute approximate surface area is 203 Å². The zero-order chi connectivity index (χ0) is 24.6. The van der Waals surface area contributed by atoms with Gasteiger partial charge in [-0.3, -0.25) is 10.2 Å². The number of carbonyl (C=O) groups excluding carboxylic acids is 1. The third-order valence-corrected chi connectivity index (χ3v) is 7.27. The topological polar surface area (TPSA) is 92.3 Å². The number of thioether (sulfide) groups is 1. The molecule has 2 aliphatic heterocycles. The fraction of sp³-hybridized carbons (Fsp3) is 0.360. The van der Waals surface area contributed by atoms with Crippen molar-refractivity contribution >= 4 is 39.8 Å². The number of benzene rings is 1. The first-order valence-corrected chi connectivity index (χ1v) is 12.1.